The summed E-state index contributed by atoms with van der Waals surface area (Å²) in [4.78, 5) is 11.5. The minimum Gasteiger partial charge on any atom is -0.444 e. The van der Waals surface area contributed by atoms with Crippen molar-refractivity contribution in [2.24, 2.45) is 0 Å². The van der Waals surface area contributed by atoms with Crippen molar-refractivity contribution in [3.8, 4) is 0 Å². The van der Waals surface area contributed by atoms with Gasteiger partial charge in [0, 0.05) is 5.54 Å². The summed E-state index contributed by atoms with van der Waals surface area (Å²) in [5.74, 6) is 0. The SMILES string of the molecule is CCC(C)(C)NC(=O)OC(C)(C)CC. The molecule has 0 saturated heterocycles. The molecule has 14 heavy (non-hydrogen) atoms. The van der Waals surface area contributed by atoms with Gasteiger partial charge < -0.3 is 10.1 Å². The van der Waals surface area contributed by atoms with E-state index in [1.54, 1.807) is 0 Å². The third-order valence-corrected chi connectivity index (χ3v) is 2.54. The van der Waals surface area contributed by atoms with Crippen LogP contribution >= 0.6 is 0 Å². The lowest BCUT2D eigenvalue weighted by molar-refractivity contribution is 0.0313. The van der Waals surface area contributed by atoms with E-state index in [9.17, 15) is 4.79 Å². The number of nitrogens with one attached hydrogen (secondary N) is 1. The van der Waals surface area contributed by atoms with Gasteiger partial charge in [0.1, 0.15) is 5.60 Å². The van der Waals surface area contributed by atoms with Crippen molar-refractivity contribution in [2.45, 2.75) is 65.5 Å². The molecule has 0 bridgehead atoms. The van der Waals surface area contributed by atoms with Gasteiger partial charge in [0.15, 0.2) is 0 Å². The number of amides is 1. The van der Waals surface area contributed by atoms with Crippen LogP contribution in [-0.4, -0.2) is 17.2 Å². The third-order valence-electron chi connectivity index (χ3n) is 2.54. The fraction of sp³-hybridized carbons (Fsp3) is 0.909. The van der Waals surface area contributed by atoms with Crippen molar-refractivity contribution in [1.82, 2.24) is 5.32 Å². The van der Waals surface area contributed by atoms with Crippen LogP contribution in [0.3, 0.4) is 0 Å². The molecular weight excluding hydrogens is 178 g/mol. The van der Waals surface area contributed by atoms with Crippen LogP contribution < -0.4 is 5.32 Å². The number of ether oxygens (including phenoxy) is 1. The van der Waals surface area contributed by atoms with E-state index >= 15 is 0 Å². The van der Waals surface area contributed by atoms with E-state index in [1.165, 1.54) is 0 Å². The maximum absolute atomic E-state index is 11.5. The Hall–Kier alpha value is -0.730. The minimum absolute atomic E-state index is 0.194. The summed E-state index contributed by atoms with van der Waals surface area (Å²) in [7, 11) is 0. The third kappa shape index (κ3) is 5.10. The molecule has 0 aromatic carbocycles. The van der Waals surface area contributed by atoms with Gasteiger partial charge in [0.2, 0.25) is 0 Å². The highest BCUT2D eigenvalue weighted by atomic mass is 16.6. The molecule has 0 atom stereocenters. The zero-order valence-corrected chi connectivity index (χ0v) is 10.2. The molecule has 0 fully saturated rings. The van der Waals surface area contributed by atoms with Crippen LogP contribution in [0.1, 0.15) is 54.4 Å². The lowest BCUT2D eigenvalue weighted by atomic mass is 10.0. The van der Waals surface area contributed by atoms with E-state index in [0.29, 0.717) is 0 Å². The van der Waals surface area contributed by atoms with Gasteiger partial charge in [0.05, 0.1) is 0 Å². The van der Waals surface area contributed by atoms with Gasteiger partial charge in [0.25, 0.3) is 0 Å². The van der Waals surface area contributed by atoms with Gasteiger partial charge in [-0.1, -0.05) is 13.8 Å². The smallest absolute Gasteiger partial charge is 0.408 e. The molecule has 0 heterocycles. The van der Waals surface area contributed by atoms with Crippen LogP contribution in [0.2, 0.25) is 0 Å². The van der Waals surface area contributed by atoms with Crippen LogP contribution in [0.5, 0.6) is 0 Å². The molecule has 0 aromatic rings. The molecule has 0 saturated carbocycles. The van der Waals surface area contributed by atoms with Crippen LogP contribution in [0, 0.1) is 0 Å². The summed E-state index contributed by atoms with van der Waals surface area (Å²) in [6.45, 7) is 11.8. The Labute approximate surface area is 87.2 Å². The Bertz CT molecular complexity index is 177. The van der Waals surface area contributed by atoms with Crippen molar-refractivity contribution < 1.29 is 9.53 Å². The van der Waals surface area contributed by atoms with Crippen molar-refractivity contribution in [1.29, 1.82) is 0 Å². The van der Waals surface area contributed by atoms with E-state index in [0.717, 1.165) is 12.8 Å². The molecule has 0 aliphatic carbocycles. The number of carbonyl (C=O) groups excluding carboxylic acids is 1. The predicted molar refractivity (Wildman–Crippen MR) is 58.4 cm³/mol. The van der Waals surface area contributed by atoms with E-state index in [2.05, 4.69) is 5.32 Å². The van der Waals surface area contributed by atoms with Gasteiger partial charge in [-0.15, -0.1) is 0 Å². The highest BCUT2D eigenvalue weighted by Gasteiger charge is 2.24. The largest absolute Gasteiger partial charge is 0.444 e. The Balaban J connectivity index is 4.12. The summed E-state index contributed by atoms with van der Waals surface area (Å²) in [5.41, 5.74) is -0.575. The lowest BCUT2D eigenvalue weighted by Crippen LogP contribution is -2.45. The second-order valence-electron chi connectivity index (χ2n) is 4.87. The number of hydrogen-bond donors (Lipinski definition) is 1. The first-order chi connectivity index (χ1) is 6.22. The molecule has 0 spiro atoms. The average molecular weight is 201 g/mol. The maximum atomic E-state index is 11.5. The highest BCUT2D eigenvalue weighted by Crippen LogP contribution is 2.15. The quantitative estimate of drug-likeness (QED) is 0.759. The Morgan fingerprint density at radius 3 is 2.00 bits per heavy atom. The van der Waals surface area contributed by atoms with Crippen LogP contribution in [-0.2, 0) is 4.74 Å². The summed E-state index contributed by atoms with van der Waals surface area (Å²) < 4.78 is 5.27. The first kappa shape index (κ1) is 13.3. The standard InChI is InChI=1S/C11H23NO2/c1-7-10(3,4)12-9(13)14-11(5,6)8-2/h7-8H2,1-6H3,(H,12,13). The first-order valence-corrected chi connectivity index (χ1v) is 5.23. The molecule has 0 rings (SSSR count). The number of alkyl carbamates (subject to hydrolysis) is 1. The average Bonchev–Trinajstić information content (AvgIpc) is 2.02. The Morgan fingerprint density at radius 1 is 1.14 bits per heavy atom. The van der Waals surface area contributed by atoms with E-state index < -0.39 is 0 Å². The normalized spacial score (nSPS) is 12.4. The fourth-order valence-electron chi connectivity index (χ4n) is 0.713. The Kier molecular flexibility index (Phi) is 4.43. The van der Waals surface area contributed by atoms with Crippen LogP contribution in [0.4, 0.5) is 4.79 Å². The predicted octanol–water partition coefficient (Wildman–Crippen LogP) is 3.09. The topological polar surface area (TPSA) is 38.3 Å². The second kappa shape index (κ2) is 4.67. The zero-order chi connectivity index (χ0) is 11.4. The van der Waals surface area contributed by atoms with Crippen molar-refractivity contribution >= 4 is 6.09 Å². The maximum Gasteiger partial charge on any atom is 0.408 e. The van der Waals surface area contributed by atoms with E-state index in [4.69, 9.17) is 4.74 Å². The van der Waals surface area contributed by atoms with Crippen LogP contribution in [0.25, 0.3) is 0 Å². The fourth-order valence-corrected chi connectivity index (χ4v) is 0.713. The lowest BCUT2D eigenvalue weighted by Gasteiger charge is -2.28. The van der Waals surface area contributed by atoms with Gasteiger partial charge in [-0.05, 0) is 40.5 Å². The molecule has 0 aliphatic rings. The van der Waals surface area contributed by atoms with Crippen molar-refractivity contribution in [3.63, 3.8) is 0 Å². The van der Waals surface area contributed by atoms with Crippen molar-refractivity contribution in [2.75, 3.05) is 0 Å². The molecule has 1 amide bonds. The first-order valence-electron chi connectivity index (χ1n) is 5.23. The van der Waals surface area contributed by atoms with Crippen molar-refractivity contribution in [3.05, 3.63) is 0 Å². The summed E-state index contributed by atoms with van der Waals surface area (Å²) in [5, 5.41) is 2.84. The number of rotatable bonds is 4. The molecular formula is C11H23NO2. The molecule has 0 unspecified atom stereocenters. The molecule has 1 N–H and O–H groups in total. The Morgan fingerprint density at radius 2 is 1.64 bits per heavy atom. The van der Waals surface area contributed by atoms with Gasteiger partial charge in [-0.3, -0.25) is 0 Å². The molecule has 3 nitrogen and oxygen atoms in total. The van der Waals surface area contributed by atoms with E-state index in [-0.39, 0.29) is 17.2 Å². The molecule has 0 radical (unpaired) electrons. The molecule has 3 heteroatoms. The van der Waals surface area contributed by atoms with Gasteiger partial charge in [-0.25, -0.2) is 4.79 Å². The summed E-state index contributed by atoms with van der Waals surface area (Å²) in [6, 6.07) is 0. The molecule has 84 valence electrons. The summed E-state index contributed by atoms with van der Waals surface area (Å²) >= 11 is 0. The van der Waals surface area contributed by atoms with E-state index in [1.807, 2.05) is 41.5 Å². The molecule has 0 aromatic heterocycles. The second-order valence-corrected chi connectivity index (χ2v) is 4.87. The number of carbonyl (C=O) groups is 1. The van der Waals surface area contributed by atoms with Gasteiger partial charge >= 0.3 is 6.09 Å². The van der Waals surface area contributed by atoms with Gasteiger partial charge in [-0.2, -0.15) is 0 Å². The van der Waals surface area contributed by atoms with Crippen LogP contribution in [0.15, 0.2) is 0 Å². The monoisotopic (exact) mass is 201 g/mol. The number of hydrogen-bond acceptors (Lipinski definition) is 2. The zero-order valence-electron chi connectivity index (χ0n) is 10.2. The minimum atomic E-state index is -0.381. The molecule has 0 aliphatic heterocycles. The highest BCUT2D eigenvalue weighted by molar-refractivity contribution is 5.68. The summed E-state index contributed by atoms with van der Waals surface area (Å²) in [6.07, 6.45) is 1.37.